The van der Waals surface area contributed by atoms with Crippen LogP contribution in [0.4, 0.5) is 10.5 Å². The smallest absolute Gasteiger partial charge is 0.414 e. The second-order valence-electron chi connectivity index (χ2n) is 8.01. The number of ether oxygens (including phenoxy) is 1. The Balaban J connectivity index is 1.89. The predicted molar refractivity (Wildman–Crippen MR) is 129 cm³/mol. The number of hydrogen-bond acceptors (Lipinski definition) is 5. The average Bonchev–Trinajstić information content (AvgIpc) is 2.80. The van der Waals surface area contributed by atoms with Gasteiger partial charge in [-0.1, -0.05) is 29.8 Å². The Kier molecular flexibility index (Phi) is 8.13. The molecule has 7 nitrogen and oxygen atoms in total. The fraction of sp³-hybridized carbons (Fsp3) is 0.308. The summed E-state index contributed by atoms with van der Waals surface area (Å²) in [5.74, 6) is -0.220. The molecule has 0 spiro atoms. The lowest BCUT2D eigenvalue weighted by Gasteiger charge is -2.23. The van der Waals surface area contributed by atoms with Gasteiger partial charge in [-0.25, -0.2) is 4.79 Å². The average molecular weight is 447 g/mol. The Morgan fingerprint density at radius 1 is 1.06 bits per heavy atom. The summed E-state index contributed by atoms with van der Waals surface area (Å²) in [7, 11) is 0. The van der Waals surface area contributed by atoms with Crippen molar-refractivity contribution in [2.75, 3.05) is 18.0 Å². The molecule has 0 saturated heterocycles. The zero-order valence-corrected chi connectivity index (χ0v) is 19.5. The topological polar surface area (TPSA) is 84.4 Å². The summed E-state index contributed by atoms with van der Waals surface area (Å²) in [6.45, 7) is 8.36. The maximum atomic E-state index is 13.0. The van der Waals surface area contributed by atoms with E-state index in [-0.39, 0.29) is 12.0 Å². The standard InChI is InChI=1S/C26H30N4O3/c1-5-30(26(32)33-18(2)3)24-15-21(20-8-6-19(4)7-9-20)14-22(16-24)25(31)29-11-10-23-17-27-12-13-28-23/h6-9,12-18H,5,10-11H2,1-4H3,(H,29,31). The van der Waals surface area contributed by atoms with Crippen LogP contribution < -0.4 is 10.2 Å². The number of rotatable bonds is 8. The van der Waals surface area contributed by atoms with Crippen LogP contribution in [0, 0.1) is 6.92 Å². The summed E-state index contributed by atoms with van der Waals surface area (Å²) >= 11 is 0. The molecule has 172 valence electrons. The number of amides is 2. The highest BCUT2D eigenvalue weighted by molar-refractivity contribution is 5.98. The fourth-order valence-electron chi connectivity index (χ4n) is 3.36. The molecule has 3 aromatic rings. The number of carbonyl (C=O) groups is 2. The van der Waals surface area contributed by atoms with Gasteiger partial charge < -0.3 is 10.1 Å². The SMILES string of the molecule is CCN(C(=O)OC(C)C)c1cc(C(=O)NCCc2cnccn2)cc(-c2ccc(C)cc2)c1. The van der Waals surface area contributed by atoms with Crippen molar-refractivity contribution in [3.05, 3.63) is 77.9 Å². The monoisotopic (exact) mass is 446 g/mol. The van der Waals surface area contributed by atoms with Gasteiger partial charge in [-0.15, -0.1) is 0 Å². The molecule has 7 heteroatoms. The van der Waals surface area contributed by atoms with Gasteiger partial charge in [0.05, 0.1) is 11.8 Å². The maximum Gasteiger partial charge on any atom is 0.414 e. The van der Waals surface area contributed by atoms with Crippen molar-refractivity contribution in [2.45, 2.75) is 40.2 Å². The maximum absolute atomic E-state index is 13.0. The first-order valence-electron chi connectivity index (χ1n) is 11.1. The van der Waals surface area contributed by atoms with Gasteiger partial charge in [0.2, 0.25) is 0 Å². The Morgan fingerprint density at radius 2 is 1.82 bits per heavy atom. The zero-order valence-electron chi connectivity index (χ0n) is 19.5. The molecule has 1 aromatic heterocycles. The number of nitrogens with one attached hydrogen (secondary N) is 1. The molecule has 0 aliphatic rings. The second-order valence-corrected chi connectivity index (χ2v) is 8.01. The van der Waals surface area contributed by atoms with Gasteiger partial charge in [-0.2, -0.15) is 0 Å². The molecule has 0 atom stereocenters. The molecule has 0 aliphatic carbocycles. The van der Waals surface area contributed by atoms with Crippen LogP contribution in [0.3, 0.4) is 0 Å². The molecule has 0 fully saturated rings. The summed E-state index contributed by atoms with van der Waals surface area (Å²) in [4.78, 5) is 35.5. The van der Waals surface area contributed by atoms with Crippen molar-refractivity contribution in [1.29, 1.82) is 0 Å². The molecule has 1 N–H and O–H groups in total. The lowest BCUT2D eigenvalue weighted by Crippen LogP contribution is -2.33. The zero-order chi connectivity index (χ0) is 23.8. The third kappa shape index (κ3) is 6.62. The molecule has 0 radical (unpaired) electrons. The Bertz CT molecular complexity index is 1080. The third-order valence-corrected chi connectivity index (χ3v) is 5.03. The van der Waals surface area contributed by atoms with Crippen LogP contribution in [0.25, 0.3) is 11.1 Å². The summed E-state index contributed by atoms with van der Waals surface area (Å²) in [6, 6.07) is 13.5. The molecule has 1 heterocycles. The van der Waals surface area contributed by atoms with Crippen molar-refractivity contribution < 1.29 is 14.3 Å². The molecule has 0 unspecified atom stereocenters. The van der Waals surface area contributed by atoms with E-state index in [1.165, 1.54) is 4.90 Å². The van der Waals surface area contributed by atoms with E-state index in [1.54, 1.807) is 24.7 Å². The molecule has 2 amide bonds. The van der Waals surface area contributed by atoms with Crippen LogP contribution in [0.1, 0.15) is 42.4 Å². The first-order valence-corrected chi connectivity index (χ1v) is 11.1. The number of aryl methyl sites for hydroxylation is 1. The van der Waals surface area contributed by atoms with E-state index >= 15 is 0 Å². The van der Waals surface area contributed by atoms with Gasteiger partial charge in [0, 0.05) is 49.4 Å². The van der Waals surface area contributed by atoms with Gasteiger partial charge in [0.15, 0.2) is 0 Å². The van der Waals surface area contributed by atoms with Gasteiger partial charge >= 0.3 is 6.09 Å². The molecular weight excluding hydrogens is 416 g/mol. The van der Waals surface area contributed by atoms with Crippen LogP contribution in [-0.4, -0.2) is 41.2 Å². The number of benzene rings is 2. The Hall–Kier alpha value is -3.74. The van der Waals surface area contributed by atoms with Crippen molar-refractivity contribution in [1.82, 2.24) is 15.3 Å². The molecule has 33 heavy (non-hydrogen) atoms. The number of aromatic nitrogens is 2. The number of carbonyl (C=O) groups excluding carboxylic acids is 2. The third-order valence-electron chi connectivity index (χ3n) is 5.03. The van der Waals surface area contributed by atoms with E-state index in [0.717, 1.165) is 22.4 Å². The van der Waals surface area contributed by atoms with Crippen LogP contribution in [0.5, 0.6) is 0 Å². The Morgan fingerprint density at radius 3 is 2.45 bits per heavy atom. The fourth-order valence-corrected chi connectivity index (χ4v) is 3.36. The summed E-state index contributed by atoms with van der Waals surface area (Å²) < 4.78 is 5.41. The first-order chi connectivity index (χ1) is 15.9. The van der Waals surface area contributed by atoms with Gasteiger partial charge in [0.25, 0.3) is 5.91 Å². The molecule has 3 rings (SSSR count). The summed E-state index contributed by atoms with van der Waals surface area (Å²) in [6.07, 6.45) is 4.82. The molecular formula is C26H30N4O3. The molecule has 0 saturated carbocycles. The van der Waals surface area contributed by atoms with Gasteiger partial charge in [0.1, 0.15) is 0 Å². The van der Waals surface area contributed by atoms with E-state index in [0.29, 0.717) is 30.8 Å². The molecule has 0 bridgehead atoms. The lowest BCUT2D eigenvalue weighted by molar-refractivity contribution is 0.0953. The van der Waals surface area contributed by atoms with E-state index in [9.17, 15) is 9.59 Å². The van der Waals surface area contributed by atoms with Crippen LogP contribution in [0.2, 0.25) is 0 Å². The molecule has 2 aromatic carbocycles. The van der Waals surface area contributed by atoms with Crippen LogP contribution in [0.15, 0.2) is 61.1 Å². The second kappa shape index (κ2) is 11.2. The highest BCUT2D eigenvalue weighted by atomic mass is 16.6. The van der Waals surface area contributed by atoms with Crippen LogP contribution >= 0.6 is 0 Å². The van der Waals surface area contributed by atoms with Crippen molar-refractivity contribution in [3.8, 4) is 11.1 Å². The summed E-state index contributed by atoms with van der Waals surface area (Å²) in [5.41, 5.74) is 4.85. The van der Waals surface area contributed by atoms with Gasteiger partial charge in [-0.3, -0.25) is 19.7 Å². The number of anilines is 1. The first kappa shape index (κ1) is 23.9. The van der Waals surface area contributed by atoms with Crippen molar-refractivity contribution >= 4 is 17.7 Å². The minimum atomic E-state index is -0.442. The van der Waals surface area contributed by atoms with Crippen molar-refractivity contribution in [3.63, 3.8) is 0 Å². The summed E-state index contributed by atoms with van der Waals surface area (Å²) in [5, 5.41) is 2.94. The van der Waals surface area contributed by atoms with E-state index in [4.69, 9.17) is 4.74 Å². The quantitative estimate of drug-likeness (QED) is 0.537. The van der Waals surface area contributed by atoms with Gasteiger partial charge in [-0.05, 0) is 57.0 Å². The van der Waals surface area contributed by atoms with E-state index < -0.39 is 6.09 Å². The van der Waals surface area contributed by atoms with Crippen molar-refractivity contribution in [2.24, 2.45) is 0 Å². The van der Waals surface area contributed by atoms with E-state index in [1.807, 2.05) is 64.1 Å². The predicted octanol–water partition coefficient (Wildman–Crippen LogP) is 4.80. The Labute approximate surface area is 194 Å². The highest BCUT2D eigenvalue weighted by Crippen LogP contribution is 2.28. The normalized spacial score (nSPS) is 10.7. The highest BCUT2D eigenvalue weighted by Gasteiger charge is 2.20. The molecule has 0 aliphatic heterocycles. The lowest BCUT2D eigenvalue weighted by atomic mass is 10.00. The number of nitrogens with zero attached hydrogens (tertiary/aromatic N) is 3. The minimum absolute atomic E-state index is 0.220. The van der Waals surface area contributed by atoms with Crippen LogP contribution in [-0.2, 0) is 11.2 Å². The number of hydrogen-bond donors (Lipinski definition) is 1. The minimum Gasteiger partial charge on any atom is -0.446 e. The van der Waals surface area contributed by atoms with E-state index in [2.05, 4.69) is 15.3 Å². The largest absolute Gasteiger partial charge is 0.446 e.